The zero-order chi connectivity index (χ0) is 19.6. The lowest BCUT2D eigenvalue weighted by Gasteiger charge is -2.10. The second-order valence-electron chi connectivity index (χ2n) is 6.08. The first-order valence-corrected chi connectivity index (χ1v) is 9.34. The predicted molar refractivity (Wildman–Crippen MR) is 123 cm³/mol. The summed E-state index contributed by atoms with van der Waals surface area (Å²) >= 11 is 0. The highest BCUT2D eigenvalue weighted by Crippen LogP contribution is 2.18. The van der Waals surface area contributed by atoms with Crippen LogP contribution in [0.5, 0.6) is 5.75 Å². The Balaban J connectivity index is 0.00000300. The summed E-state index contributed by atoms with van der Waals surface area (Å²) in [6.07, 6.45) is 4.70. The molecule has 0 unspecified atom stereocenters. The largest absolute Gasteiger partial charge is 0.497 e. The van der Waals surface area contributed by atoms with Crippen molar-refractivity contribution in [2.75, 3.05) is 20.2 Å². The summed E-state index contributed by atoms with van der Waals surface area (Å²) in [7, 11) is 1.64. The van der Waals surface area contributed by atoms with Crippen molar-refractivity contribution in [3.05, 3.63) is 48.5 Å². The number of aryl methyl sites for hydroxylation is 1. The molecule has 10 heteroatoms. The molecule has 0 bridgehead atoms. The van der Waals surface area contributed by atoms with Crippen molar-refractivity contribution in [1.82, 2.24) is 35.6 Å². The Morgan fingerprint density at radius 2 is 2.07 bits per heavy atom. The number of methoxy groups -OCH3 is 1. The highest BCUT2D eigenvalue weighted by atomic mass is 127. The minimum atomic E-state index is 0. The third-order valence-electron chi connectivity index (χ3n) is 4.03. The standard InChI is InChI=1S/C19H26N8O.HI/c1-3-20-19(21-10-4-12-27-13-5-11-23-27)22-14-17-24-18(26-25-17)15-6-8-16(28-2)9-7-15;/h5-9,11,13H,3-4,10,12,14H2,1-2H3,(H2,20,21,22)(H,24,25,26);1H. The van der Waals surface area contributed by atoms with Crippen LogP contribution >= 0.6 is 24.0 Å². The van der Waals surface area contributed by atoms with Gasteiger partial charge in [-0.05, 0) is 43.7 Å². The van der Waals surface area contributed by atoms with E-state index in [9.17, 15) is 0 Å². The minimum Gasteiger partial charge on any atom is -0.497 e. The molecule has 1 aromatic carbocycles. The summed E-state index contributed by atoms with van der Waals surface area (Å²) in [6, 6.07) is 9.57. The topological polar surface area (TPSA) is 105 Å². The maximum absolute atomic E-state index is 5.17. The van der Waals surface area contributed by atoms with Gasteiger partial charge in [0.2, 0.25) is 0 Å². The Morgan fingerprint density at radius 3 is 2.76 bits per heavy atom. The van der Waals surface area contributed by atoms with Crippen molar-refractivity contribution < 1.29 is 4.74 Å². The van der Waals surface area contributed by atoms with Gasteiger partial charge in [-0.3, -0.25) is 9.78 Å². The van der Waals surface area contributed by atoms with E-state index in [0.29, 0.717) is 18.2 Å². The molecule has 3 aromatic rings. The third-order valence-corrected chi connectivity index (χ3v) is 4.03. The van der Waals surface area contributed by atoms with Gasteiger partial charge in [0.1, 0.15) is 18.1 Å². The van der Waals surface area contributed by atoms with E-state index in [-0.39, 0.29) is 24.0 Å². The molecule has 3 rings (SSSR count). The lowest BCUT2D eigenvalue weighted by atomic mass is 10.2. The van der Waals surface area contributed by atoms with Crippen LogP contribution in [0.2, 0.25) is 0 Å². The Labute approximate surface area is 187 Å². The first kappa shape index (κ1) is 22.7. The average Bonchev–Trinajstić information content (AvgIpc) is 3.41. The summed E-state index contributed by atoms with van der Waals surface area (Å²) in [6.45, 7) is 4.92. The summed E-state index contributed by atoms with van der Waals surface area (Å²) in [5, 5.41) is 18.0. The highest BCUT2D eigenvalue weighted by Gasteiger charge is 2.06. The molecule has 0 atom stereocenters. The van der Waals surface area contributed by atoms with E-state index in [1.165, 1.54) is 0 Å². The van der Waals surface area contributed by atoms with Crippen LogP contribution in [0.3, 0.4) is 0 Å². The van der Waals surface area contributed by atoms with Crippen molar-refractivity contribution in [3.8, 4) is 17.1 Å². The molecule has 29 heavy (non-hydrogen) atoms. The van der Waals surface area contributed by atoms with Crippen molar-refractivity contribution in [1.29, 1.82) is 0 Å². The van der Waals surface area contributed by atoms with Gasteiger partial charge in [-0.2, -0.15) is 10.2 Å². The molecule has 0 saturated carbocycles. The van der Waals surface area contributed by atoms with Gasteiger partial charge in [0, 0.05) is 37.6 Å². The fourth-order valence-electron chi connectivity index (χ4n) is 2.61. The van der Waals surface area contributed by atoms with Crippen molar-refractivity contribution in [3.63, 3.8) is 0 Å². The predicted octanol–water partition coefficient (Wildman–Crippen LogP) is 2.44. The fourth-order valence-corrected chi connectivity index (χ4v) is 2.61. The molecule has 0 fully saturated rings. The van der Waals surface area contributed by atoms with E-state index in [1.54, 1.807) is 13.3 Å². The molecule has 2 heterocycles. The number of aliphatic imine (C=N–C) groups is 1. The van der Waals surface area contributed by atoms with Crippen LogP contribution in [-0.4, -0.2) is 51.1 Å². The molecule has 9 nitrogen and oxygen atoms in total. The molecule has 0 aliphatic rings. The summed E-state index contributed by atoms with van der Waals surface area (Å²) in [5.41, 5.74) is 0.927. The number of hydrogen-bond acceptors (Lipinski definition) is 5. The molecule has 3 N–H and O–H groups in total. The lowest BCUT2D eigenvalue weighted by Crippen LogP contribution is -2.38. The van der Waals surface area contributed by atoms with E-state index in [1.807, 2.05) is 48.1 Å². The number of guanidine groups is 1. The van der Waals surface area contributed by atoms with Crippen LogP contribution in [0, 0.1) is 0 Å². The van der Waals surface area contributed by atoms with Crippen LogP contribution in [0.15, 0.2) is 47.7 Å². The first-order valence-electron chi connectivity index (χ1n) is 9.34. The Kier molecular flexibility index (Phi) is 9.41. The molecule has 0 aliphatic carbocycles. The van der Waals surface area contributed by atoms with E-state index in [0.717, 1.165) is 43.3 Å². The van der Waals surface area contributed by atoms with E-state index in [4.69, 9.17) is 4.74 Å². The lowest BCUT2D eigenvalue weighted by molar-refractivity contribution is 0.415. The van der Waals surface area contributed by atoms with E-state index < -0.39 is 0 Å². The fraction of sp³-hybridized carbons (Fsp3) is 0.368. The van der Waals surface area contributed by atoms with Crippen LogP contribution in [-0.2, 0) is 13.1 Å². The zero-order valence-electron chi connectivity index (χ0n) is 16.6. The smallest absolute Gasteiger partial charge is 0.191 e. The molecule has 156 valence electrons. The average molecular weight is 510 g/mol. The molecule has 0 radical (unpaired) electrons. The van der Waals surface area contributed by atoms with Crippen LogP contribution in [0.4, 0.5) is 0 Å². The van der Waals surface area contributed by atoms with Crippen molar-refractivity contribution >= 4 is 29.9 Å². The van der Waals surface area contributed by atoms with Gasteiger partial charge in [0.15, 0.2) is 11.8 Å². The summed E-state index contributed by atoms with van der Waals surface area (Å²) in [4.78, 5) is 9.09. The van der Waals surface area contributed by atoms with E-state index >= 15 is 0 Å². The number of halogens is 1. The Hall–Kier alpha value is -2.63. The molecule has 0 aliphatic heterocycles. The number of benzene rings is 1. The number of hydrogen-bond donors (Lipinski definition) is 3. The molecule has 2 aromatic heterocycles. The van der Waals surface area contributed by atoms with Gasteiger partial charge >= 0.3 is 0 Å². The number of rotatable bonds is 9. The summed E-state index contributed by atoms with van der Waals surface area (Å²) in [5.74, 6) is 2.91. The van der Waals surface area contributed by atoms with Crippen LogP contribution in [0.1, 0.15) is 19.2 Å². The second kappa shape index (κ2) is 12.0. The first-order chi connectivity index (χ1) is 13.8. The van der Waals surface area contributed by atoms with Gasteiger partial charge in [-0.1, -0.05) is 0 Å². The van der Waals surface area contributed by atoms with Crippen LogP contribution in [0.25, 0.3) is 11.4 Å². The summed E-state index contributed by atoms with van der Waals surface area (Å²) < 4.78 is 7.09. The monoisotopic (exact) mass is 510 g/mol. The number of aromatic amines is 1. The minimum absolute atomic E-state index is 0. The molecule has 0 spiro atoms. The molecular weight excluding hydrogens is 483 g/mol. The van der Waals surface area contributed by atoms with Gasteiger partial charge in [0.25, 0.3) is 0 Å². The molecular formula is C19H27IN8O. The van der Waals surface area contributed by atoms with Crippen molar-refractivity contribution in [2.24, 2.45) is 4.99 Å². The normalized spacial score (nSPS) is 11.0. The maximum atomic E-state index is 5.17. The van der Waals surface area contributed by atoms with Gasteiger partial charge in [-0.25, -0.2) is 9.98 Å². The number of aromatic nitrogens is 5. The van der Waals surface area contributed by atoms with Gasteiger partial charge < -0.3 is 15.4 Å². The zero-order valence-corrected chi connectivity index (χ0v) is 19.0. The molecule has 0 saturated heterocycles. The number of H-pyrrole nitrogens is 1. The van der Waals surface area contributed by atoms with Gasteiger partial charge in [0.05, 0.1) is 7.11 Å². The quantitative estimate of drug-likeness (QED) is 0.177. The number of ether oxygens (including phenoxy) is 1. The van der Waals surface area contributed by atoms with Gasteiger partial charge in [-0.15, -0.1) is 24.0 Å². The Morgan fingerprint density at radius 1 is 1.24 bits per heavy atom. The molecule has 0 amide bonds. The maximum Gasteiger partial charge on any atom is 0.191 e. The number of nitrogens with one attached hydrogen (secondary N) is 3. The Bertz CT molecular complexity index is 861. The van der Waals surface area contributed by atoms with E-state index in [2.05, 4.69) is 35.9 Å². The second-order valence-corrected chi connectivity index (χ2v) is 6.08. The van der Waals surface area contributed by atoms with Crippen LogP contribution < -0.4 is 15.4 Å². The number of nitrogens with zero attached hydrogens (tertiary/aromatic N) is 5. The SMILES string of the molecule is CCNC(=NCc1nc(-c2ccc(OC)cc2)n[nH]1)NCCCn1cccn1.I. The third kappa shape index (κ3) is 7.04. The highest BCUT2D eigenvalue weighted by molar-refractivity contribution is 14.0. The van der Waals surface area contributed by atoms with Crippen molar-refractivity contribution in [2.45, 2.75) is 26.4 Å².